The Morgan fingerprint density at radius 1 is 0.947 bits per heavy atom. The maximum Gasteiger partial charge on any atom is -0.0285 e. The van der Waals surface area contributed by atoms with Gasteiger partial charge in [0.25, 0.3) is 0 Å². The lowest BCUT2D eigenvalue weighted by atomic mass is 10.1. The van der Waals surface area contributed by atoms with Gasteiger partial charge in [0, 0.05) is 0 Å². The average Bonchev–Trinajstić information content (AvgIpc) is 2.53. The lowest BCUT2D eigenvalue weighted by Gasteiger charge is -1.98. The summed E-state index contributed by atoms with van der Waals surface area (Å²) in [6.07, 6.45) is 10.1. The van der Waals surface area contributed by atoms with Gasteiger partial charge in [0.15, 0.2) is 0 Å². The van der Waals surface area contributed by atoms with Crippen LogP contribution < -0.4 is 0 Å². The summed E-state index contributed by atoms with van der Waals surface area (Å²) >= 11 is 0. The molecule has 1 aromatic carbocycles. The van der Waals surface area contributed by atoms with Crippen LogP contribution in [0.25, 0.3) is 0 Å². The van der Waals surface area contributed by atoms with E-state index in [1.807, 2.05) is 33.8 Å². The monoisotopic (exact) mass is 260 g/mol. The molecule has 0 nitrogen and oxygen atoms in total. The first kappa shape index (κ1) is 20.0. The minimum absolute atomic E-state index is 1.14. The van der Waals surface area contributed by atoms with Gasteiger partial charge in [-0.25, -0.2) is 0 Å². The van der Waals surface area contributed by atoms with Gasteiger partial charge in [0.2, 0.25) is 0 Å². The molecular formula is C19H32. The number of benzene rings is 1. The van der Waals surface area contributed by atoms with Gasteiger partial charge < -0.3 is 0 Å². The molecule has 1 aromatic rings. The zero-order chi connectivity index (χ0) is 14.9. The van der Waals surface area contributed by atoms with Gasteiger partial charge in [-0.1, -0.05) is 88.8 Å². The first-order chi connectivity index (χ1) is 9.33. The van der Waals surface area contributed by atoms with Gasteiger partial charge in [-0.2, -0.15) is 0 Å². The average molecular weight is 260 g/mol. The molecule has 0 bridgehead atoms. The van der Waals surface area contributed by atoms with E-state index in [0.29, 0.717) is 0 Å². The summed E-state index contributed by atoms with van der Waals surface area (Å²) in [5, 5.41) is 0. The highest BCUT2D eigenvalue weighted by Gasteiger charge is 1.88. The van der Waals surface area contributed by atoms with Crippen LogP contribution >= 0.6 is 0 Å². The summed E-state index contributed by atoms with van der Waals surface area (Å²) in [7, 11) is 0. The smallest absolute Gasteiger partial charge is 0.0285 e. The van der Waals surface area contributed by atoms with Crippen LogP contribution in [0.1, 0.15) is 59.9 Å². The first-order valence-electron chi connectivity index (χ1n) is 7.69. The van der Waals surface area contributed by atoms with Gasteiger partial charge in [-0.3, -0.25) is 0 Å². The Labute approximate surface area is 121 Å². The van der Waals surface area contributed by atoms with Crippen molar-refractivity contribution in [2.45, 2.75) is 60.8 Å². The van der Waals surface area contributed by atoms with Gasteiger partial charge >= 0.3 is 0 Å². The van der Waals surface area contributed by atoms with Crippen LogP contribution in [0.4, 0.5) is 0 Å². The molecular weight excluding hydrogens is 228 g/mol. The van der Waals surface area contributed by atoms with Crippen LogP contribution in [0.2, 0.25) is 0 Å². The minimum Gasteiger partial charge on any atom is -0.0842 e. The van der Waals surface area contributed by atoms with E-state index in [2.05, 4.69) is 56.3 Å². The van der Waals surface area contributed by atoms with Crippen molar-refractivity contribution in [2.75, 3.05) is 0 Å². The molecule has 108 valence electrons. The lowest BCUT2D eigenvalue weighted by molar-refractivity contribution is 0.962. The normalized spacial score (nSPS) is 11.6. The molecule has 0 heteroatoms. The van der Waals surface area contributed by atoms with Gasteiger partial charge in [-0.05, 0) is 31.7 Å². The summed E-state index contributed by atoms with van der Waals surface area (Å²) in [6.45, 7) is 12.3. The molecule has 0 saturated heterocycles. The molecule has 0 aromatic heterocycles. The van der Waals surface area contributed by atoms with Crippen LogP contribution in [-0.4, -0.2) is 0 Å². The van der Waals surface area contributed by atoms with Gasteiger partial charge in [-0.15, -0.1) is 0 Å². The SMILES string of the molecule is CC.CC.CC1=CC=CCC1.CCc1ccccc1. The Bertz CT molecular complexity index is 317. The van der Waals surface area contributed by atoms with Crippen molar-refractivity contribution in [3.05, 3.63) is 59.7 Å². The number of hydrogen-bond acceptors (Lipinski definition) is 0. The van der Waals surface area contributed by atoms with Crippen molar-refractivity contribution in [3.63, 3.8) is 0 Å². The number of rotatable bonds is 1. The minimum atomic E-state index is 1.14. The van der Waals surface area contributed by atoms with E-state index in [9.17, 15) is 0 Å². The molecule has 0 unspecified atom stereocenters. The van der Waals surface area contributed by atoms with Crippen LogP contribution in [0, 0.1) is 0 Å². The van der Waals surface area contributed by atoms with Gasteiger partial charge in [0.05, 0.1) is 0 Å². The van der Waals surface area contributed by atoms with E-state index < -0.39 is 0 Å². The third-order valence-corrected chi connectivity index (χ3v) is 2.47. The highest BCUT2D eigenvalue weighted by molar-refractivity contribution is 5.15. The summed E-state index contributed by atoms with van der Waals surface area (Å²) < 4.78 is 0. The van der Waals surface area contributed by atoms with E-state index in [0.717, 1.165) is 6.42 Å². The maximum atomic E-state index is 2.20. The van der Waals surface area contributed by atoms with Crippen molar-refractivity contribution >= 4 is 0 Å². The van der Waals surface area contributed by atoms with Crippen molar-refractivity contribution in [1.82, 2.24) is 0 Å². The molecule has 0 amide bonds. The second-order valence-electron chi connectivity index (χ2n) is 3.82. The Balaban J connectivity index is 0. The molecule has 0 N–H and O–H groups in total. The van der Waals surface area contributed by atoms with Crippen LogP contribution in [0.3, 0.4) is 0 Å². The highest BCUT2D eigenvalue weighted by atomic mass is 13.9. The summed E-state index contributed by atoms with van der Waals surface area (Å²) in [4.78, 5) is 0. The van der Waals surface area contributed by atoms with E-state index in [1.165, 1.54) is 24.0 Å². The second-order valence-corrected chi connectivity index (χ2v) is 3.82. The zero-order valence-electron chi connectivity index (χ0n) is 13.7. The van der Waals surface area contributed by atoms with Crippen molar-refractivity contribution in [1.29, 1.82) is 0 Å². The number of allylic oxidation sites excluding steroid dienone is 4. The third-order valence-electron chi connectivity index (χ3n) is 2.47. The standard InChI is InChI=1S/C8H10.C7H10.2C2H6/c1-2-8-6-4-3-5-7-8;1-7-5-3-2-4-6-7;2*1-2/h3-7H,2H2,1H3;2-3,5H,4,6H2,1H3;2*1-2H3. The molecule has 2 rings (SSSR count). The van der Waals surface area contributed by atoms with Crippen molar-refractivity contribution in [2.24, 2.45) is 0 Å². The summed E-state index contributed by atoms with van der Waals surface area (Å²) in [5.41, 5.74) is 2.91. The molecule has 1 aliphatic carbocycles. The maximum absolute atomic E-state index is 2.20. The van der Waals surface area contributed by atoms with E-state index >= 15 is 0 Å². The quantitative estimate of drug-likeness (QED) is 0.534. The molecule has 0 spiro atoms. The fourth-order valence-electron chi connectivity index (χ4n) is 1.44. The molecule has 0 heterocycles. The summed E-state index contributed by atoms with van der Waals surface area (Å²) in [6, 6.07) is 10.5. The molecule has 0 atom stereocenters. The molecule has 0 radical (unpaired) electrons. The molecule has 0 fully saturated rings. The fourth-order valence-corrected chi connectivity index (χ4v) is 1.44. The topological polar surface area (TPSA) is 0 Å². The molecule has 0 saturated carbocycles. The fraction of sp³-hybridized carbons (Fsp3) is 0.474. The zero-order valence-corrected chi connectivity index (χ0v) is 13.7. The van der Waals surface area contributed by atoms with E-state index in [-0.39, 0.29) is 0 Å². The van der Waals surface area contributed by atoms with Crippen LogP contribution in [-0.2, 0) is 6.42 Å². The van der Waals surface area contributed by atoms with E-state index in [1.54, 1.807) is 0 Å². The van der Waals surface area contributed by atoms with Crippen LogP contribution in [0.15, 0.2) is 54.1 Å². The van der Waals surface area contributed by atoms with Crippen molar-refractivity contribution < 1.29 is 0 Å². The van der Waals surface area contributed by atoms with Crippen LogP contribution in [0.5, 0.6) is 0 Å². The second kappa shape index (κ2) is 16.7. The third kappa shape index (κ3) is 12.9. The predicted molar refractivity (Wildman–Crippen MR) is 90.6 cm³/mol. The Morgan fingerprint density at radius 2 is 1.53 bits per heavy atom. The molecule has 19 heavy (non-hydrogen) atoms. The van der Waals surface area contributed by atoms with E-state index in [4.69, 9.17) is 0 Å². The number of hydrogen-bond donors (Lipinski definition) is 0. The number of aryl methyl sites for hydroxylation is 1. The van der Waals surface area contributed by atoms with Crippen molar-refractivity contribution in [3.8, 4) is 0 Å². The highest BCUT2D eigenvalue weighted by Crippen LogP contribution is 2.08. The van der Waals surface area contributed by atoms with Gasteiger partial charge in [0.1, 0.15) is 0 Å². The first-order valence-corrected chi connectivity index (χ1v) is 7.69. The lowest BCUT2D eigenvalue weighted by Crippen LogP contribution is -1.78. The Hall–Kier alpha value is -1.30. The predicted octanol–water partition coefficient (Wildman–Crippen LogP) is 6.58. The summed E-state index contributed by atoms with van der Waals surface area (Å²) in [5.74, 6) is 0. The Kier molecular flexibility index (Phi) is 17.6. The molecule has 1 aliphatic rings. The largest absolute Gasteiger partial charge is 0.0842 e. The molecule has 0 aliphatic heterocycles. The Morgan fingerprint density at radius 3 is 1.79 bits per heavy atom.